The number of amides is 3. The molecular weight excluding hydrogens is 553 g/mol. The summed E-state index contributed by atoms with van der Waals surface area (Å²) in [6.07, 6.45) is 1.07. The van der Waals surface area contributed by atoms with Gasteiger partial charge in [-0.2, -0.15) is 0 Å². The lowest BCUT2D eigenvalue weighted by Gasteiger charge is -2.32. The van der Waals surface area contributed by atoms with Gasteiger partial charge in [-0.15, -0.1) is 0 Å². The van der Waals surface area contributed by atoms with Gasteiger partial charge in [-0.3, -0.25) is 14.9 Å². The lowest BCUT2D eigenvalue weighted by Crippen LogP contribution is -2.48. The smallest absolute Gasteiger partial charge is 0.408 e. The van der Waals surface area contributed by atoms with Gasteiger partial charge >= 0.3 is 12.1 Å². The molecular formula is C22H24Cl3N5O7. The third-order valence-electron chi connectivity index (χ3n) is 5.31. The topological polar surface area (TPSA) is 172 Å². The molecule has 3 rings (SSSR count). The van der Waals surface area contributed by atoms with Gasteiger partial charge in [0.15, 0.2) is 11.7 Å². The molecule has 0 saturated carbocycles. The zero-order valence-electron chi connectivity index (χ0n) is 19.6. The molecule has 1 aliphatic heterocycles. The van der Waals surface area contributed by atoms with Crippen molar-refractivity contribution in [1.29, 1.82) is 0 Å². The SMILES string of the molecule is CC(C)(OC(=O)N[C@@H](Cc1ccc2c(c1)NC(=O)[C@@H](CCC(=O)Nc1ncc[nH]1)O2)C(=O)O)C(Cl)(Cl)Cl. The van der Waals surface area contributed by atoms with Crippen molar-refractivity contribution in [1.82, 2.24) is 15.3 Å². The number of aromatic nitrogens is 2. The summed E-state index contributed by atoms with van der Waals surface area (Å²) < 4.78 is 8.87. The highest BCUT2D eigenvalue weighted by atomic mass is 35.6. The number of hydrogen-bond donors (Lipinski definition) is 5. The third kappa shape index (κ3) is 7.63. The summed E-state index contributed by atoms with van der Waals surface area (Å²) in [6, 6.07) is 3.30. The molecule has 2 atom stereocenters. The largest absolute Gasteiger partial charge is 0.480 e. The number of alkyl carbamates (subject to hydrolysis) is 1. The second kappa shape index (κ2) is 11.4. The number of hydrogen-bond acceptors (Lipinski definition) is 7. The zero-order chi connectivity index (χ0) is 27.4. The number of anilines is 2. The van der Waals surface area contributed by atoms with E-state index in [1.807, 2.05) is 0 Å². The van der Waals surface area contributed by atoms with Gasteiger partial charge in [-0.25, -0.2) is 14.6 Å². The van der Waals surface area contributed by atoms with Crippen molar-refractivity contribution in [3.05, 3.63) is 36.2 Å². The fourth-order valence-corrected chi connectivity index (χ4v) is 3.32. The average molecular weight is 577 g/mol. The zero-order valence-corrected chi connectivity index (χ0v) is 21.9. The van der Waals surface area contributed by atoms with Gasteiger partial charge in [-0.1, -0.05) is 40.9 Å². The van der Waals surface area contributed by atoms with Crippen molar-refractivity contribution in [3.63, 3.8) is 0 Å². The van der Waals surface area contributed by atoms with E-state index in [2.05, 4.69) is 25.9 Å². The molecule has 0 unspecified atom stereocenters. The van der Waals surface area contributed by atoms with Crippen LogP contribution >= 0.6 is 34.8 Å². The predicted molar refractivity (Wildman–Crippen MR) is 135 cm³/mol. The molecule has 0 spiro atoms. The second-order valence-electron chi connectivity index (χ2n) is 8.59. The summed E-state index contributed by atoms with van der Waals surface area (Å²) in [5.41, 5.74) is -0.732. The number of halogens is 3. The number of aliphatic carboxylic acids is 1. The van der Waals surface area contributed by atoms with E-state index >= 15 is 0 Å². The molecule has 0 bridgehead atoms. The van der Waals surface area contributed by atoms with Gasteiger partial charge in [0.1, 0.15) is 11.8 Å². The number of imidazole rings is 1. The minimum Gasteiger partial charge on any atom is -0.480 e. The normalized spacial score (nSPS) is 16.0. The Balaban J connectivity index is 1.59. The third-order valence-corrected chi connectivity index (χ3v) is 6.68. The highest BCUT2D eigenvalue weighted by Gasteiger charge is 2.44. The van der Waals surface area contributed by atoms with Crippen LogP contribution in [0.2, 0.25) is 0 Å². The molecule has 0 aliphatic carbocycles. The Morgan fingerprint density at radius 1 is 1.27 bits per heavy atom. The summed E-state index contributed by atoms with van der Waals surface area (Å²) in [5, 5.41) is 17.0. The van der Waals surface area contributed by atoms with Crippen molar-refractivity contribution < 1.29 is 33.8 Å². The molecule has 2 aromatic rings. The molecule has 3 amide bonds. The van der Waals surface area contributed by atoms with Crippen LogP contribution in [-0.4, -0.2) is 60.5 Å². The van der Waals surface area contributed by atoms with Crippen LogP contribution in [0.15, 0.2) is 30.6 Å². The number of ether oxygens (including phenoxy) is 2. The van der Waals surface area contributed by atoms with Crippen molar-refractivity contribution in [3.8, 4) is 5.75 Å². The molecule has 0 fully saturated rings. The molecule has 15 heteroatoms. The number of carbonyl (C=O) groups excluding carboxylic acids is 3. The van der Waals surface area contributed by atoms with Gasteiger partial charge in [0.2, 0.25) is 15.6 Å². The van der Waals surface area contributed by atoms with Crippen LogP contribution in [0.5, 0.6) is 5.75 Å². The quantitative estimate of drug-likeness (QED) is 0.283. The highest BCUT2D eigenvalue weighted by Crippen LogP contribution is 2.40. The molecule has 12 nitrogen and oxygen atoms in total. The predicted octanol–water partition coefficient (Wildman–Crippen LogP) is 3.40. The van der Waals surface area contributed by atoms with Gasteiger partial charge in [-0.05, 0) is 31.5 Å². The highest BCUT2D eigenvalue weighted by molar-refractivity contribution is 6.68. The fraction of sp³-hybridized carbons (Fsp3) is 0.409. The lowest BCUT2D eigenvalue weighted by molar-refractivity contribution is -0.139. The minimum absolute atomic E-state index is 0.0172. The van der Waals surface area contributed by atoms with Crippen molar-refractivity contribution in [2.24, 2.45) is 0 Å². The standard InChI is InChI=1S/C22H24Cl3N5O7/c1-21(2,22(23,24)25)37-20(35)29-13(18(33)34)10-11-3-4-14-12(9-11)28-17(32)15(36-14)5-6-16(31)30-19-26-7-8-27-19/h3-4,7-9,13,15H,5-6,10H2,1-2H3,(H,28,32)(H,29,35)(H,33,34)(H2,26,27,30,31)/t13-,15+/m0/s1. The maximum absolute atomic E-state index is 12.5. The first-order chi connectivity index (χ1) is 17.2. The van der Waals surface area contributed by atoms with Gasteiger partial charge < -0.3 is 30.2 Å². The number of carboxylic acid groups (broad SMARTS) is 1. The Hall–Kier alpha value is -3.22. The van der Waals surface area contributed by atoms with Crippen molar-refractivity contribution in [2.75, 3.05) is 10.6 Å². The Bertz CT molecular complexity index is 1170. The molecule has 1 aromatic heterocycles. The van der Waals surface area contributed by atoms with E-state index in [9.17, 15) is 24.3 Å². The number of carbonyl (C=O) groups is 4. The molecule has 2 heterocycles. The number of benzene rings is 1. The van der Waals surface area contributed by atoms with E-state index in [4.69, 9.17) is 44.3 Å². The van der Waals surface area contributed by atoms with Crippen LogP contribution in [0.25, 0.3) is 0 Å². The number of rotatable bonds is 9. The number of aromatic amines is 1. The summed E-state index contributed by atoms with van der Waals surface area (Å²) in [5.74, 6) is -1.47. The van der Waals surface area contributed by atoms with E-state index in [1.54, 1.807) is 18.3 Å². The van der Waals surface area contributed by atoms with Crippen LogP contribution in [-0.2, 0) is 25.5 Å². The van der Waals surface area contributed by atoms with Gasteiger partial charge in [0, 0.05) is 31.7 Å². The lowest BCUT2D eigenvalue weighted by atomic mass is 10.0. The first kappa shape index (κ1) is 28.4. The van der Waals surface area contributed by atoms with E-state index in [1.165, 1.54) is 26.1 Å². The number of H-pyrrole nitrogens is 1. The first-order valence-electron chi connectivity index (χ1n) is 10.9. The van der Waals surface area contributed by atoms with Crippen LogP contribution in [0, 0.1) is 0 Å². The monoisotopic (exact) mass is 575 g/mol. The summed E-state index contributed by atoms with van der Waals surface area (Å²) >= 11 is 17.4. The second-order valence-corrected chi connectivity index (χ2v) is 10.9. The Labute approximate surface area is 226 Å². The van der Waals surface area contributed by atoms with E-state index < -0.39 is 39.5 Å². The molecule has 0 saturated heterocycles. The maximum atomic E-state index is 12.5. The molecule has 1 aromatic carbocycles. The summed E-state index contributed by atoms with van der Waals surface area (Å²) in [6.45, 7) is 2.72. The van der Waals surface area contributed by atoms with Crippen molar-refractivity contribution >= 4 is 70.3 Å². The van der Waals surface area contributed by atoms with Crippen LogP contribution in [0.4, 0.5) is 16.4 Å². The van der Waals surface area contributed by atoms with Crippen LogP contribution < -0.4 is 20.7 Å². The Morgan fingerprint density at radius 2 is 2.00 bits per heavy atom. The van der Waals surface area contributed by atoms with Gasteiger partial charge in [0.05, 0.1) is 5.69 Å². The average Bonchev–Trinajstić information content (AvgIpc) is 3.29. The number of alkyl halides is 3. The number of fused-ring (bicyclic) bond motifs is 1. The molecule has 5 N–H and O–H groups in total. The van der Waals surface area contributed by atoms with Crippen molar-refractivity contribution in [2.45, 2.75) is 54.6 Å². The molecule has 0 radical (unpaired) electrons. The van der Waals surface area contributed by atoms with Crippen LogP contribution in [0.1, 0.15) is 32.3 Å². The minimum atomic E-state index is -1.94. The fourth-order valence-electron chi connectivity index (χ4n) is 3.20. The molecule has 1 aliphatic rings. The van der Waals surface area contributed by atoms with E-state index in [0.29, 0.717) is 22.9 Å². The maximum Gasteiger partial charge on any atom is 0.408 e. The number of carboxylic acids is 1. The Kier molecular flexibility index (Phi) is 8.77. The summed E-state index contributed by atoms with van der Waals surface area (Å²) in [7, 11) is 0. The number of nitrogens with one attached hydrogen (secondary N) is 4. The van der Waals surface area contributed by atoms with E-state index in [0.717, 1.165) is 0 Å². The summed E-state index contributed by atoms with van der Waals surface area (Å²) in [4.78, 5) is 55.2. The number of nitrogens with zero attached hydrogens (tertiary/aromatic N) is 1. The molecule has 37 heavy (non-hydrogen) atoms. The Morgan fingerprint density at radius 3 is 2.62 bits per heavy atom. The molecule has 200 valence electrons. The van der Waals surface area contributed by atoms with Gasteiger partial charge in [0.25, 0.3) is 5.91 Å². The first-order valence-corrected chi connectivity index (χ1v) is 12.1. The van der Waals surface area contributed by atoms with Crippen LogP contribution in [0.3, 0.4) is 0 Å². The van der Waals surface area contributed by atoms with E-state index in [-0.39, 0.29) is 25.2 Å².